The van der Waals surface area contributed by atoms with Crippen LogP contribution in [0.1, 0.15) is 177 Å². The predicted octanol–water partition coefficient (Wildman–Crippen LogP) is 16.1. The van der Waals surface area contributed by atoms with Crippen LogP contribution in [0.5, 0.6) is 23.0 Å². The third-order valence-corrected chi connectivity index (χ3v) is 27.3. The molecule has 5 aliphatic heterocycles. The highest BCUT2D eigenvalue weighted by atomic mass is 16.6. The van der Waals surface area contributed by atoms with Crippen molar-refractivity contribution in [1.82, 2.24) is 42.5 Å². The molecule has 4 aliphatic carbocycles. The Labute approximate surface area is 619 Å². The number of para-hydroxylation sites is 4. The number of nitrogens with one attached hydrogen (secondary N) is 8. The Bertz CT molecular complexity index is 3960. The van der Waals surface area contributed by atoms with E-state index in [1.807, 2.05) is 0 Å². The van der Waals surface area contributed by atoms with Crippen LogP contribution in [0, 0.1) is 47.3 Å². The van der Waals surface area contributed by atoms with Gasteiger partial charge in [0.05, 0.1) is 49.3 Å². The average molecular weight is 1390 g/mol. The first-order chi connectivity index (χ1) is 50.6. The zero-order valence-corrected chi connectivity index (χ0v) is 62.4. The van der Waals surface area contributed by atoms with E-state index in [1.54, 1.807) is 0 Å². The number of rotatable bonds is 16. The van der Waals surface area contributed by atoms with Gasteiger partial charge in [-0.05, 0) is 121 Å². The topological polar surface area (TPSA) is 133 Å². The minimum atomic E-state index is -0.831. The molecule has 9 aliphatic rings. The van der Waals surface area contributed by atoms with Crippen LogP contribution in [-0.2, 0) is 21.7 Å². The van der Waals surface area contributed by atoms with E-state index < -0.39 is 46.1 Å². The van der Waals surface area contributed by atoms with Crippen molar-refractivity contribution in [2.75, 3.05) is 0 Å². The first-order valence-corrected chi connectivity index (χ1v) is 39.9. The lowest BCUT2D eigenvalue weighted by Gasteiger charge is -2.51. The molecule has 8 N–H and O–H groups in total. The molecule has 8 bridgehead atoms. The highest BCUT2D eigenvalue weighted by Gasteiger charge is 2.66. The van der Waals surface area contributed by atoms with E-state index in [0.29, 0.717) is 35.5 Å². The van der Waals surface area contributed by atoms with Crippen LogP contribution in [0.3, 0.4) is 0 Å². The van der Waals surface area contributed by atoms with Gasteiger partial charge in [-0.3, -0.25) is 42.5 Å². The molecule has 20 atom stereocenters. The predicted molar refractivity (Wildman–Crippen MR) is 416 cm³/mol. The molecule has 5 saturated heterocycles. The molecule has 12 heteroatoms. The Hall–Kier alpha value is -7.36. The fraction of sp³-hybridized carbons (Fsp3) is 0.478. The smallest absolute Gasteiger partial charge is 0.176 e. The minimum absolute atomic E-state index is 0.0265. The van der Waals surface area contributed by atoms with E-state index in [9.17, 15) is 0 Å². The van der Waals surface area contributed by atoms with Gasteiger partial charge >= 0.3 is 0 Å². The molecule has 4 saturated carbocycles. The average Bonchev–Trinajstić information content (AvgIpc) is 1.52. The fourth-order valence-electron chi connectivity index (χ4n) is 21.5. The van der Waals surface area contributed by atoms with Crippen molar-refractivity contribution >= 4 is 0 Å². The van der Waals surface area contributed by atoms with Crippen LogP contribution in [0.2, 0.25) is 0 Å². The highest BCUT2D eigenvalue weighted by Crippen LogP contribution is 2.53. The van der Waals surface area contributed by atoms with Crippen molar-refractivity contribution < 1.29 is 18.9 Å². The third-order valence-electron chi connectivity index (χ3n) is 27.3. The van der Waals surface area contributed by atoms with Crippen molar-refractivity contribution in [2.24, 2.45) is 47.3 Å². The first-order valence-electron chi connectivity index (χ1n) is 39.9. The summed E-state index contributed by atoms with van der Waals surface area (Å²) >= 11 is 0. The maximum atomic E-state index is 8.53. The SMILES string of the molecule is CC(C)(c1ccccc1)c1ccccc1OC1C(Oc2ccccc2C(C)(C)c2ccccc2)C(Oc2ccccc2C(C)(C)c2ccccc2)C2C3NC4NC(NC5NC(NC6NC(NC(N3)C2C1Oc1ccccc1C(C)(C)c1ccccc1)C1CCCCC61)C1CCCCC51)C1CCCCC41. The summed E-state index contributed by atoms with van der Waals surface area (Å²) < 4.78 is 34.0. The quantitative estimate of drug-likeness (QED) is 0.0468. The van der Waals surface area contributed by atoms with Crippen molar-refractivity contribution in [3.8, 4) is 23.0 Å². The van der Waals surface area contributed by atoms with Gasteiger partial charge in [-0.2, -0.15) is 0 Å². The molecule has 12 nitrogen and oxygen atoms in total. The molecule has 9 fully saturated rings. The molecule has 0 radical (unpaired) electrons. The normalized spacial score (nSPS) is 32.6. The summed E-state index contributed by atoms with van der Waals surface area (Å²) in [5, 5.41) is 35.8. The van der Waals surface area contributed by atoms with Gasteiger partial charge in [-0.1, -0.05) is 288 Å². The summed E-state index contributed by atoms with van der Waals surface area (Å²) in [7, 11) is 0. The molecule has 8 aromatic rings. The van der Waals surface area contributed by atoms with Gasteiger partial charge in [-0.25, -0.2) is 0 Å². The lowest BCUT2D eigenvalue weighted by molar-refractivity contribution is -0.151. The van der Waals surface area contributed by atoms with Crippen LogP contribution in [0.4, 0.5) is 0 Å². The fourth-order valence-corrected chi connectivity index (χ4v) is 21.5. The second-order valence-corrected chi connectivity index (χ2v) is 34.4. The maximum Gasteiger partial charge on any atom is 0.176 e. The minimum Gasteiger partial charge on any atom is -0.486 e. The molecular weight excluding hydrogens is 1280 g/mol. The standard InChI is InChI=1S/C92H112N8O4/c1-89(2,57-35-13-9-14-36-57)67-49-27-31-53-71(67)101-77-75-76(88-99-86-66-48-26-24-46-64(66)84(97-86)95-82-62-44-22-21-43-61(62)81(93-82)94-83-63-45-23-25-47-65(63)85(96-83)98-87(75)100-88)78(102-72-54-32-28-50-68(72)90(3,4)58-37-15-10-16-38-58)80(104-74-56-34-30-52-70(74)92(7,8)60-41-19-12-20-42-60)79(77)103-73-55-33-29-51-69(73)91(5,6)59-39-17-11-18-40-59/h9-20,27-42,49-56,61-66,75-88,93-100H,21-26,43-48H2,1-8H3. The maximum absolute atomic E-state index is 8.53. The van der Waals surface area contributed by atoms with Gasteiger partial charge in [-0.15, -0.1) is 0 Å². The van der Waals surface area contributed by atoms with E-state index in [4.69, 9.17) is 18.9 Å². The van der Waals surface area contributed by atoms with Gasteiger partial charge in [0, 0.05) is 55.7 Å². The third kappa shape index (κ3) is 12.9. The molecule has 20 unspecified atom stereocenters. The van der Waals surface area contributed by atoms with E-state index in [-0.39, 0.29) is 61.2 Å². The number of hydrogen-bond donors (Lipinski definition) is 8. The van der Waals surface area contributed by atoms with E-state index >= 15 is 0 Å². The largest absolute Gasteiger partial charge is 0.486 e. The van der Waals surface area contributed by atoms with E-state index in [0.717, 1.165) is 58.1 Å². The van der Waals surface area contributed by atoms with Crippen molar-refractivity contribution in [2.45, 2.75) is 228 Å². The molecule has 5 heterocycles. The molecule has 104 heavy (non-hydrogen) atoms. The highest BCUT2D eigenvalue weighted by molar-refractivity contribution is 5.51. The van der Waals surface area contributed by atoms with Crippen LogP contribution in [-0.4, -0.2) is 73.7 Å². The summed E-state index contributed by atoms with van der Waals surface area (Å²) in [4.78, 5) is 0. The Morgan fingerprint density at radius 3 is 0.635 bits per heavy atom. The monoisotopic (exact) mass is 1390 g/mol. The van der Waals surface area contributed by atoms with E-state index in [1.165, 1.54) is 86.5 Å². The number of benzene rings is 8. The zero-order chi connectivity index (χ0) is 70.9. The Balaban J connectivity index is 0.908. The Morgan fingerprint density at radius 2 is 0.404 bits per heavy atom. The van der Waals surface area contributed by atoms with Gasteiger partial charge < -0.3 is 18.9 Å². The van der Waals surface area contributed by atoms with Crippen molar-refractivity contribution in [3.05, 3.63) is 263 Å². The molecule has 0 amide bonds. The van der Waals surface area contributed by atoms with Gasteiger partial charge in [0.15, 0.2) is 12.2 Å². The van der Waals surface area contributed by atoms with Crippen molar-refractivity contribution in [3.63, 3.8) is 0 Å². The Kier molecular flexibility index (Phi) is 19.3. The molecule has 8 aromatic carbocycles. The van der Waals surface area contributed by atoms with Crippen LogP contribution in [0.15, 0.2) is 218 Å². The van der Waals surface area contributed by atoms with Crippen molar-refractivity contribution in [1.29, 1.82) is 0 Å². The first kappa shape index (κ1) is 69.7. The van der Waals surface area contributed by atoms with Crippen LogP contribution in [0.25, 0.3) is 0 Å². The molecule has 17 rings (SSSR count). The van der Waals surface area contributed by atoms with Gasteiger partial charge in [0.2, 0.25) is 0 Å². The molecule has 544 valence electrons. The lowest BCUT2D eigenvalue weighted by Crippen LogP contribution is -2.69. The number of ether oxygens (including phenoxy) is 4. The Morgan fingerprint density at radius 1 is 0.221 bits per heavy atom. The number of hydrogen-bond acceptors (Lipinski definition) is 12. The zero-order valence-electron chi connectivity index (χ0n) is 62.4. The van der Waals surface area contributed by atoms with Crippen LogP contribution < -0.4 is 61.5 Å². The molecule has 0 spiro atoms. The summed E-state index contributed by atoms with van der Waals surface area (Å²) in [6.45, 7) is 18.7. The van der Waals surface area contributed by atoms with Gasteiger partial charge in [0.25, 0.3) is 0 Å². The second kappa shape index (κ2) is 28.7. The summed E-state index contributed by atoms with van der Waals surface area (Å²) in [6.07, 6.45) is 11.5. The summed E-state index contributed by atoms with van der Waals surface area (Å²) in [5.74, 6) is 5.31. The van der Waals surface area contributed by atoms with Gasteiger partial charge in [0.1, 0.15) is 35.2 Å². The lowest BCUT2D eigenvalue weighted by atomic mass is 9.70. The molecular formula is C92H112N8O4. The molecule has 0 aromatic heterocycles. The second-order valence-electron chi connectivity index (χ2n) is 34.4. The van der Waals surface area contributed by atoms with E-state index in [2.05, 4.69) is 316 Å². The summed E-state index contributed by atoms with van der Waals surface area (Å²) in [5.41, 5.74) is 7.22. The van der Waals surface area contributed by atoms with Crippen LogP contribution >= 0.6 is 0 Å². The summed E-state index contributed by atoms with van der Waals surface area (Å²) in [6, 6.07) is 79.0. The number of fused-ring (bicyclic) bond motifs is 20.